The van der Waals surface area contributed by atoms with E-state index in [0.717, 1.165) is 5.92 Å². The van der Waals surface area contributed by atoms with Crippen LogP contribution in [0.3, 0.4) is 0 Å². The van der Waals surface area contributed by atoms with Crippen LogP contribution in [0.1, 0.15) is 46.5 Å². The van der Waals surface area contributed by atoms with Gasteiger partial charge in [0.2, 0.25) is 0 Å². The molecule has 0 heterocycles. The van der Waals surface area contributed by atoms with Gasteiger partial charge in [0.15, 0.2) is 0 Å². The summed E-state index contributed by atoms with van der Waals surface area (Å²) in [6, 6.07) is 0.930. The van der Waals surface area contributed by atoms with Gasteiger partial charge in [-0.05, 0) is 37.5 Å². The van der Waals surface area contributed by atoms with Crippen molar-refractivity contribution in [3.63, 3.8) is 0 Å². The average molecular weight is 199 g/mol. The minimum atomic E-state index is 0.268. The molecular weight excluding hydrogens is 174 g/mol. The van der Waals surface area contributed by atoms with E-state index < -0.39 is 0 Å². The maximum Gasteiger partial charge on any atom is 0.0587 e. The maximum atomic E-state index is 9.22. The van der Waals surface area contributed by atoms with Crippen molar-refractivity contribution in [1.29, 1.82) is 0 Å². The third-order valence-electron chi connectivity index (χ3n) is 3.47. The topological polar surface area (TPSA) is 32.3 Å². The second-order valence-corrected chi connectivity index (χ2v) is 5.16. The SMILES string of the molecule is CC1CCC(N[C@H](CO)C(C)C)CC1. The Morgan fingerprint density at radius 1 is 1.21 bits per heavy atom. The molecule has 1 fully saturated rings. The van der Waals surface area contributed by atoms with Gasteiger partial charge in [-0.3, -0.25) is 0 Å². The highest BCUT2D eigenvalue weighted by Gasteiger charge is 2.21. The fourth-order valence-electron chi connectivity index (χ4n) is 2.19. The number of aliphatic hydroxyl groups excluding tert-OH is 1. The van der Waals surface area contributed by atoms with E-state index in [1.807, 2.05) is 0 Å². The molecule has 1 atom stereocenters. The van der Waals surface area contributed by atoms with Crippen molar-refractivity contribution < 1.29 is 5.11 Å². The Bertz CT molecular complexity index is 150. The monoisotopic (exact) mass is 199 g/mol. The maximum absolute atomic E-state index is 9.22. The second-order valence-electron chi connectivity index (χ2n) is 5.16. The smallest absolute Gasteiger partial charge is 0.0587 e. The lowest BCUT2D eigenvalue weighted by atomic mass is 9.86. The summed E-state index contributed by atoms with van der Waals surface area (Å²) < 4.78 is 0. The summed E-state index contributed by atoms with van der Waals surface area (Å²) in [6.45, 7) is 6.94. The van der Waals surface area contributed by atoms with E-state index in [1.54, 1.807) is 0 Å². The van der Waals surface area contributed by atoms with Gasteiger partial charge in [-0.25, -0.2) is 0 Å². The van der Waals surface area contributed by atoms with Crippen LogP contribution in [0.25, 0.3) is 0 Å². The summed E-state index contributed by atoms with van der Waals surface area (Å²) in [4.78, 5) is 0. The Morgan fingerprint density at radius 3 is 2.21 bits per heavy atom. The molecule has 2 nitrogen and oxygen atoms in total. The number of rotatable bonds is 4. The van der Waals surface area contributed by atoms with E-state index in [4.69, 9.17) is 0 Å². The normalized spacial score (nSPS) is 30.6. The molecule has 0 aromatic heterocycles. The molecule has 84 valence electrons. The third-order valence-corrected chi connectivity index (χ3v) is 3.47. The first-order valence-electron chi connectivity index (χ1n) is 6.00. The Morgan fingerprint density at radius 2 is 1.79 bits per heavy atom. The molecule has 0 aromatic carbocycles. The van der Waals surface area contributed by atoms with Crippen LogP contribution in [0, 0.1) is 11.8 Å². The molecule has 0 unspecified atom stereocenters. The quantitative estimate of drug-likeness (QED) is 0.727. The highest BCUT2D eigenvalue weighted by Crippen LogP contribution is 2.24. The summed E-state index contributed by atoms with van der Waals surface area (Å²) in [6.07, 6.45) is 5.25. The second kappa shape index (κ2) is 5.72. The minimum Gasteiger partial charge on any atom is -0.395 e. The van der Waals surface area contributed by atoms with Crippen molar-refractivity contribution in [1.82, 2.24) is 5.32 Å². The lowest BCUT2D eigenvalue weighted by Gasteiger charge is -2.31. The molecule has 1 rings (SSSR count). The van der Waals surface area contributed by atoms with Gasteiger partial charge < -0.3 is 10.4 Å². The molecule has 1 aliphatic rings. The number of hydrogen-bond acceptors (Lipinski definition) is 2. The lowest BCUT2D eigenvalue weighted by Crippen LogP contribution is -2.45. The molecular formula is C12H25NO. The van der Waals surface area contributed by atoms with E-state index in [1.165, 1.54) is 25.7 Å². The highest BCUT2D eigenvalue weighted by molar-refractivity contribution is 4.80. The van der Waals surface area contributed by atoms with Crippen LogP contribution in [-0.4, -0.2) is 23.8 Å². The molecule has 1 aliphatic carbocycles. The van der Waals surface area contributed by atoms with Gasteiger partial charge in [0, 0.05) is 12.1 Å². The summed E-state index contributed by atoms with van der Waals surface area (Å²) in [5.74, 6) is 1.43. The molecule has 1 saturated carbocycles. The zero-order valence-corrected chi connectivity index (χ0v) is 9.79. The molecule has 2 heteroatoms. The van der Waals surface area contributed by atoms with E-state index in [0.29, 0.717) is 12.0 Å². The Hall–Kier alpha value is -0.0800. The van der Waals surface area contributed by atoms with Crippen molar-refractivity contribution in [2.45, 2.75) is 58.5 Å². The standard InChI is InChI=1S/C12H25NO/c1-9(2)12(8-14)13-11-6-4-10(3)5-7-11/h9-14H,4-8H2,1-3H3/t10?,11?,12-/m1/s1. The molecule has 0 spiro atoms. The van der Waals surface area contributed by atoms with Crippen LogP contribution < -0.4 is 5.32 Å². The van der Waals surface area contributed by atoms with Crippen LogP contribution in [0.2, 0.25) is 0 Å². The van der Waals surface area contributed by atoms with Crippen LogP contribution >= 0.6 is 0 Å². The van der Waals surface area contributed by atoms with Gasteiger partial charge in [0.25, 0.3) is 0 Å². The number of nitrogens with one attached hydrogen (secondary N) is 1. The number of hydrogen-bond donors (Lipinski definition) is 2. The van der Waals surface area contributed by atoms with Gasteiger partial charge in [-0.15, -0.1) is 0 Å². The molecule has 0 aliphatic heterocycles. The molecule has 2 N–H and O–H groups in total. The number of aliphatic hydroxyl groups is 1. The Labute approximate surface area is 88.1 Å². The average Bonchev–Trinajstić information content (AvgIpc) is 2.16. The minimum absolute atomic E-state index is 0.268. The fraction of sp³-hybridized carbons (Fsp3) is 1.00. The summed E-state index contributed by atoms with van der Waals surface area (Å²) in [7, 11) is 0. The van der Waals surface area contributed by atoms with E-state index in [2.05, 4.69) is 26.1 Å². The molecule has 0 aromatic rings. The molecule has 14 heavy (non-hydrogen) atoms. The first-order valence-corrected chi connectivity index (χ1v) is 6.00. The van der Waals surface area contributed by atoms with Crippen LogP contribution in [0.4, 0.5) is 0 Å². The molecule has 0 saturated heterocycles. The zero-order valence-electron chi connectivity index (χ0n) is 9.79. The van der Waals surface area contributed by atoms with Gasteiger partial charge >= 0.3 is 0 Å². The van der Waals surface area contributed by atoms with Crippen LogP contribution in [0.15, 0.2) is 0 Å². The first kappa shape index (κ1) is 12.0. The zero-order chi connectivity index (χ0) is 10.6. The van der Waals surface area contributed by atoms with Gasteiger partial charge in [0.05, 0.1) is 6.61 Å². The van der Waals surface area contributed by atoms with E-state index >= 15 is 0 Å². The van der Waals surface area contributed by atoms with Crippen molar-refractivity contribution in [2.75, 3.05) is 6.61 Å². The van der Waals surface area contributed by atoms with Crippen molar-refractivity contribution in [3.05, 3.63) is 0 Å². The molecule has 0 radical (unpaired) electrons. The van der Waals surface area contributed by atoms with Crippen molar-refractivity contribution in [2.24, 2.45) is 11.8 Å². The lowest BCUT2D eigenvalue weighted by molar-refractivity contribution is 0.181. The van der Waals surface area contributed by atoms with Gasteiger partial charge in [0.1, 0.15) is 0 Å². The fourth-order valence-corrected chi connectivity index (χ4v) is 2.19. The summed E-state index contributed by atoms with van der Waals surface area (Å²) in [5, 5.41) is 12.8. The third kappa shape index (κ3) is 3.58. The van der Waals surface area contributed by atoms with Crippen molar-refractivity contribution >= 4 is 0 Å². The molecule has 0 amide bonds. The first-order chi connectivity index (χ1) is 6.63. The van der Waals surface area contributed by atoms with Crippen molar-refractivity contribution in [3.8, 4) is 0 Å². The predicted molar refractivity (Wildman–Crippen MR) is 60.3 cm³/mol. The Kier molecular flexibility index (Phi) is 4.90. The summed E-state index contributed by atoms with van der Waals surface area (Å²) >= 11 is 0. The largest absolute Gasteiger partial charge is 0.395 e. The molecule has 0 bridgehead atoms. The predicted octanol–water partition coefficient (Wildman–Crippen LogP) is 2.17. The highest BCUT2D eigenvalue weighted by atomic mass is 16.3. The van der Waals surface area contributed by atoms with E-state index in [-0.39, 0.29) is 12.6 Å². The Balaban J connectivity index is 2.29. The van der Waals surface area contributed by atoms with Gasteiger partial charge in [-0.1, -0.05) is 20.8 Å². The summed E-state index contributed by atoms with van der Waals surface area (Å²) in [5.41, 5.74) is 0. The van der Waals surface area contributed by atoms with E-state index in [9.17, 15) is 5.11 Å². The van der Waals surface area contributed by atoms with Crippen LogP contribution in [-0.2, 0) is 0 Å². The van der Waals surface area contributed by atoms with Gasteiger partial charge in [-0.2, -0.15) is 0 Å². The van der Waals surface area contributed by atoms with Crippen LogP contribution in [0.5, 0.6) is 0 Å².